The Hall–Kier alpha value is -2.02. The number of hydrogen-bond donors (Lipinski definition) is 0. The van der Waals surface area contributed by atoms with E-state index in [0.29, 0.717) is 16.9 Å². The highest BCUT2D eigenvalue weighted by molar-refractivity contribution is 5.69. The second-order valence-electron chi connectivity index (χ2n) is 2.21. The Morgan fingerprint density at radius 1 is 1.17 bits per heavy atom. The highest BCUT2D eigenvalue weighted by atomic mass is 14.9. The van der Waals surface area contributed by atoms with Crippen molar-refractivity contribution in [3.8, 4) is 6.07 Å². The summed E-state index contributed by atoms with van der Waals surface area (Å²) in [4.78, 5) is 11.9. The maximum Gasteiger partial charge on any atom is 0.179 e. The molecule has 0 spiro atoms. The lowest BCUT2D eigenvalue weighted by Crippen LogP contribution is -1.88. The number of rotatable bonds is 0. The molecule has 0 atom stereocenters. The highest BCUT2D eigenvalue weighted by Gasteiger charge is 1.96. The van der Waals surface area contributed by atoms with Crippen molar-refractivity contribution in [3.05, 3.63) is 30.2 Å². The second-order valence-corrected chi connectivity index (χ2v) is 2.21. The second kappa shape index (κ2) is 2.55. The Morgan fingerprint density at radius 3 is 2.83 bits per heavy atom. The SMILES string of the molecule is N#Cc1ccc2nccnc2n1. The van der Waals surface area contributed by atoms with E-state index in [1.54, 1.807) is 24.5 Å². The Kier molecular flexibility index (Phi) is 1.42. The molecule has 0 fully saturated rings. The van der Waals surface area contributed by atoms with Gasteiger partial charge in [-0.3, -0.25) is 4.98 Å². The molecule has 2 aromatic rings. The zero-order valence-corrected chi connectivity index (χ0v) is 6.10. The average molecular weight is 156 g/mol. The summed E-state index contributed by atoms with van der Waals surface area (Å²) in [6, 6.07) is 5.29. The maximum atomic E-state index is 8.54. The molecule has 0 bridgehead atoms. The van der Waals surface area contributed by atoms with Crippen LogP contribution in [0.4, 0.5) is 0 Å². The topological polar surface area (TPSA) is 62.5 Å². The molecule has 0 saturated carbocycles. The van der Waals surface area contributed by atoms with Crippen LogP contribution in [0.3, 0.4) is 0 Å². The number of nitrogens with zero attached hydrogens (tertiary/aromatic N) is 4. The largest absolute Gasteiger partial charge is 0.251 e. The number of pyridine rings is 1. The van der Waals surface area contributed by atoms with Crippen LogP contribution in [0.1, 0.15) is 5.69 Å². The summed E-state index contributed by atoms with van der Waals surface area (Å²) in [5.41, 5.74) is 1.58. The maximum absolute atomic E-state index is 8.54. The van der Waals surface area contributed by atoms with E-state index in [1.807, 2.05) is 6.07 Å². The molecule has 0 aliphatic rings. The lowest BCUT2D eigenvalue weighted by molar-refractivity contribution is 1.20. The lowest BCUT2D eigenvalue weighted by atomic mass is 10.3. The van der Waals surface area contributed by atoms with Gasteiger partial charge in [-0.1, -0.05) is 0 Å². The summed E-state index contributed by atoms with van der Waals surface area (Å²) in [6.45, 7) is 0. The molecule has 2 aromatic heterocycles. The van der Waals surface area contributed by atoms with Gasteiger partial charge >= 0.3 is 0 Å². The average Bonchev–Trinajstić information content (AvgIpc) is 2.17. The molecule has 0 aliphatic heterocycles. The summed E-state index contributed by atoms with van der Waals surface area (Å²) in [5, 5.41) is 8.54. The standard InChI is InChI=1S/C8H4N4/c9-5-6-1-2-7-8(12-6)11-4-3-10-7/h1-4H. The smallest absolute Gasteiger partial charge is 0.179 e. The van der Waals surface area contributed by atoms with Gasteiger partial charge in [-0.2, -0.15) is 5.26 Å². The Bertz CT molecular complexity index is 458. The molecule has 2 rings (SSSR count). The van der Waals surface area contributed by atoms with Crippen molar-refractivity contribution >= 4 is 11.2 Å². The number of fused-ring (bicyclic) bond motifs is 1. The fourth-order valence-corrected chi connectivity index (χ4v) is 0.917. The minimum Gasteiger partial charge on any atom is -0.251 e. The zero-order chi connectivity index (χ0) is 8.39. The van der Waals surface area contributed by atoms with E-state index >= 15 is 0 Å². The van der Waals surface area contributed by atoms with Crippen LogP contribution in [0.15, 0.2) is 24.5 Å². The first-order valence-corrected chi connectivity index (χ1v) is 3.38. The van der Waals surface area contributed by atoms with Gasteiger partial charge in [0.25, 0.3) is 0 Å². The zero-order valence-electron chi connectivity index (χ0n) is 6.10. The van der Waals surface area contributed by atoms with Crippen LogP contribution < -0.4 is 0 Å². The molecule has 4 nitrogen and oxygen atoms in total. The first-order chi connectivity index (χ1) is 5.90. The highest BCUT2D eigenvalue weighted by Crippen LogP contribution is 2.04. The Morgan fingerprint density at radius 2 is 2.00 bits per heavy atom. The normalized spacial score (nSPS) is 9.58. The summed E-state index contributed by atoms with van der Waals surface area (Å²) in [7, 11) is 0. The Labute approximate surface area is 68.5 Å². The number of aromatic nitrogens is 3. The van der Waals surface area contributed by atoms with Gasteiger partial charge < -0.3 is 0 Å². The van der Waals surface area contributed by atoms with E-state index in [1.165, 1.54) is 0 Å². The first-order valence-electron chi connectivity index (χ1n) is 3.38. The molecule has 0 unspecified atom stereocenters. The third-order valence-electron chi connectivity index (χ3n) is 1.45. The van der Waals surface area contributed by atoms with Crippen LogP contribution >= 0.6 is 0 Å². The molecule has 4 heteroatoms. The summed E-state index contributed by atoms with van der Waals surface area (Å²) in [5.74, 6) is 0. The molecule has 0 amide bonds. The first kappa shape index (κ1) is 6.68. The van der Waals surface area contributed by atoms with Crippen molar-refractivity contribution in [2.24, 2.45) is 0 Å². The van der Waals surface area contributed by atoms with Crippen molar-refractivity contribution < 1.29 is 0 Å². The van der Waals surface area contributed by atoms with Crippen molar-refractivity contribution in [1.82, 2.24) is 15.0 Å². The molecular formula is C8H4N4. The number of nitriles is 1. The van der Waals surface area contributed by atoms with Crippen LogP contribution in [0.25, 0.3) is 11.2 Å². The quantitative estimate of drug-likeness (QED) is 0.568. The molecule has 0 saturated heterocycles. The lowest BCUT2D eigenvalue weighted by Gasteiger charge is -1.92. The van der Waals surface area contributed by atoms with E-state index in [-0.39, 0.29) is 0 Å². The Balaban J connectivity index is 2.78. The monoisotopic (exact) mass is 156 g/mol. The molecular weight excluding hydrogens is 152 g/mol. The van der Waals surface area contributed by atoms with E-state index < -0.39 is 0 Å². The number of hydrogen-bond acceptors (Lipinski definition) is 4. The van der Waals surface area contributed by atoms with Crippen LogP contribution in [-0.4, -0.2) is 15.0 Å². The van der Waals surface area contributed by atoms with E-state index in [2.05, 4.69) is 15.0 Å². The van der Waals surface area contributed by atoms with Crippen molar-refractivity contribution in [1.29, 1.82) is 5.26 Å². The molecule has 2 heterocycles. The van der Waals surface area contributed by atoms with Gasteiger partial charge in [-0.15, -0.1) is 0 Å². The fourth-order valence-electron chi connectivity index (χ4n) is 0.917. The van der Waals surface area contributed by atoms with Gasteiger partial charge in [-0.05, 0) is 12.1 Å². The van der Waals surface area contributed by atoms with Gasteiger partial charge in [0, 0.05) is 12.4 Å². The van der Waals surface area contributed by atoms with Crippen molar-refractivity contribution in [2.75, 3.05) is 0 Å². The van der Waals surface area contributed by atoms with E-state index in [0.717, 1.165) is 0 Å². The summed E-state index contributed by atoms with van der Waals surface area (Å²) < 4.78 is 0. The predicted molar refractivity (Wildman–Crippen MR) is 42.0 cm³/mol. The van der Waals surface area contributed by atoms with Gasteiger partial charge in [0.2, 0.25) is 0 Å². The third-order valence-corrected chi connectivity index (χ3v) is 1.45. The predicted octanol–water partition coefficient (Wildman–Crippen LogP) is 0.896. The molecule has 0 aliphatic carbocycles. The van der Waals surface area contributed by atoms with Gasteiger partial charge in [-0.25, -0.2) is 9.97 Å². The van der Waals surface area contributed by atoms with E-state index in [9.17, 15) is 0 Å². The van der Waals surface area contributed by atoms with Crippen molar-refractivity contribution in [3.63, 3.8) is 0 Å². The van der Waals surface area contributed by atoms with Crippen LogP contribution in [0.2, 0.25) is 0 Å². The molecule has 12 heavy (non-hydrogen) atoms. The van der Waals surface area contributed by atoms with E-state index in [4.69, 9.17) is 5.26 Å². The molecule has 56 valence electrons. The molecule has 0 N–H and O–H groups in total. The van der Waals surface area contributed by atoms with Gasteiger partial charge in [0.1, 0.15) is 17.3 Å². The third kappa shape index (κ3) is 0.974. The van der Waals surface area contributed by atoms with Gasteiger partial charge in [0.05, 0.1) is 0 Å². The minimum absolute atomic E-state index is 0.364. The summed E-state index contributed by atoms with van der Waals surface area (Å²) >= 11 is 0. The fraction of sp³-hybridized carbons (Fsp3) is 0. The molecule has 0 radical (unpaired) electrons. The van der Waals surface area contributed by atoms with Gasteiger partial charge in [0.15, 0.2) is 5.65 Å². The van der Waals surface area contributed by atoms with Crippen LogP contribution in [-0.2, 0) is 0 Å². The minimum atomic E-state index is 0.364. The van der Waals surface area contributed by atoms with Crippen LogP contribution in [0, 0.1) is 11.3 Å². The van der Waals surface area contributed by atoms with Crippen LogP contribution in [0.5, 0.6) is 0 Å². The van der Waals surface area contributed by atoms with Crippen molar-refractivity contribution in [2.45, 2.75) is 0 Å². The summed E-state index contributed by atoms with van der Waals surface area (Å²) in [6.07, 6.45) is 3.15. The molecule has 0 aromatic carbocycles.